The monoisotopic (exact) mass is 308 g/mol. The second-order valence-electron chi connectivity index (χ2n) is 2.91. The molecule has 0 radical (unpaired) electrons. The molecule has 0 saturated heterocycles. The molecule has 88 valence electrons. The van der Waals surface area contributed by atoms with E-state index >= 15 is 0 Å². The lowest BCUT2D eigenvalue weighted by Gasteiger charge is -2.06. The van der Waals surface area contributed by atoms with Gasteiger partial charge in [0.25, 0.3) is 10.1 Å². The Hall–Kier alpha value is -1.12. The van der Waals surface area contributed by atoms with E-state index in [0.717, 1.165) is 6.07 Å². The third-order valence-corrected chi connectivity index (χ3v) is 3.12. The van der Waals surface area contributed by atoms with Crippen molar-refractivity contribution in [3.05, 3.63) is 18.2 Å². The summed E-state index contributed by atoms with van der Waals surface area (Å²) in [5.74, 6) is -0.342. The smallest absolute Gasteiger partial charge is 0.296 e. The largest absolute Gasteiger partial charge is 0.398 e. The van der Waals surface area contributed by atoms with Gasteiger partial charge in [0.15, 0.2) is 0 Å². The molecule has 4 N–H and O–H groups in total. The Bertz CT molecular complexity index is 515. The number of halogens is 1. The first-order chi connectivity index (χ1) is 7.34. The van der Waals surface area contributed by atoms with Crippen molar-refractivity contribution in [2.45, 2.75) is 4.90 Å². The van der Waals surface area contributed by atoms with Gasteiger partial charge in [0.05, 0.1) is 11.0 Å². The number of carbonyl (C=O) groups excluding carboxylic acids is 1. The van der Waals surface area contributed by atoms with Gasteiger partial charge in [0.1, 0.15) is 4.90 Å². The fraction of sp³-hybridized carbons (Fsp3) is 0.125. The fourth-order valence-electron chi connectivity index (χ4n) is 1.03. The number of rotatable bonds is 3. The highest BCUT2D eigenvalue weighted by Gasteiger charge is 2.14. The van der Waals surface area contributed by atoms with E-state index in [-0.39, 0.29) is 22.6 Å². The summed E-state index contributed by atoms with van der Waals surface area (Å²) in [5.41, 5.74) is 5.54. The van der Waals surface area contributed by atoms with E-state index in [2.05, 4.69) is 21.2 Å². The van der Waals surface area contributed by atoms with Crippen LogP contribution in [0.15, 0.2) is 23.1 Å². The van der Waals surface area contributed by atoms with Gasteiger partial charge < -0.3 is 11.1 Å². The van der Waals surface area contributed by atoms with Crippen LogP contribution >= 0.6 is 15.9 Å². The molecule has 0 atom stereocenters. The Balaban J connectivity index is 3.13. The normalized spacial score (nSPS) is 11.1. The number of hydrogen-bond acceptors (Lipinski definition) is 4. The number of hydrogen-bond donors (Lipinski definition) is 3. The molecule has 0 spiro atoms. The first-order valence-corrected chi connectivity index (χ1v) is 6.63. The molecule has 0 aromatic heterocycles. The van der Waals surface area contributed by atoms with Gasteiger partial charge in [-0.05, 0) is 18.2 Å². The number of nitrogen functional groups attached to an aromatic ring is 1. The maximum atomic E-state index is 11.0. The first kappa shape index (κ1) is 12.9. The summed E-state index contributed by atoms with van der Waals surface area (Å²) in [6.07, 6.45) is 0. The minimum Gasteiger partial charge on any atom is -0.398 e. The van der Waals surface area contributed by atoms with Crippen LogP contribution in [0.5, 0.6) is 0 Å². The third kappa shape index (κ3) is 3.19. The minimum atomic E-state index is -4.39. The molecule has 0 heterocycles. The number of amides is 1. The predicted molar refractivity (Wildman–Crippen MR) is 63.1 cm³/mol. The lowest BCUT2D eigenvalue weighted by molar-refractivity contribution is -0.113. The van der Waals surface area contributed by atoms with Crippen molar-refractivity contribution < 1.29 is 17.8 Å². The van der Waals surface area contributed by atoms with E-state index in [1.807, 2.05) is 0 Å². The summed E-state index contributed by atoms with van der Waals surface area (Å²) < 4.78 is 30.7. The molecule has 0 saturated carbocycles. The van der Waals surface area contributed by atoms with Crippen molar-refractivity contribution in [3.63, 3.8) is 0 Å². The molecule has 0 aliphatic carbocycles. The highest BCUT2D eigenvalue weighted by atomic mass is 79.9. The van der Waals surface area contributed by atoms with Gasteiger partial charge in [0, 0.05) is 5.69 Å². The average molecular weight is 309 g/mol. The van der Waals surface area contributed by atoms with Crippen molar-refractivity contribution in [1.82, 2.24) is 0 Å². The topological polar surface area (TPSA) is 109 Å². The summed E-state index contributed by atoms with van der Waals surface area (Å²) in [4.78, 5) is 10.6. The quantitative estimate of drug-likeness (QED) is 0.435. The van der Waals surface area contributed by atoms with Crippen LogP contribution in [-0.4, -0.2) is 24.2 Å². The van der Waals surface area contributed by atoms with Crippen LogP contribution in [0.1, 0.15) is 0 Å². The van der Waals surface area contributed by atoms with Crippen LogP contribution < -0.4 is 11.1 Å². The van der Waals surface area contributed by atoms with Crippen LogP contribution in [0, 0.1) is 0 Å². The molecule has 0 aliphatic heterocycles. The molecular weight excluding hydrogens is 300 g/mol. The summed E-state index contributed by atoms with van der Waals surface area (Å²) in [7, 11) is -4.39. The Morgan fingerprint density at radius 1 is 1.50 bits per heavy atom. The molecule has 8 heteroatoms. The highest BCUT2D eigenvalue weighted by Crippen LogP contribution is 2.22. The zero-order chi connectivity index (χ0) is 12.3. The van der Waals surface area contributed by atoms with E-state index in [1.165, 1.54) is 12.1 Å². The molecule has 1 rings (SSSR count). The second-order valence-corrected chi connectivity index (χ2v) is 4.86. The fourth-order valence-corrected chi connectivity index (χ4v) is 1.81. The third-order valence-electron chi connectivity index (χ3n) is 1.70. The van der Waals surface area contributed by atoms with Gasteiger partial charge in [-0.15, -0.1) is 0 Å². The van der Waals surface area contributed by atoms with E-state index in [4.69, 9.17) is 10.3 Å². The van der Waals surface area contributed by atoms with E-state index in [1.54, 1.807) is 0 Å². The second kappa shape index (κ2) is 4.81. The zero-order valence-electron chi connectivity index (χ0n) is 7.97. The average Bonchev–Trinajstić information content (AvgIpc) is 2.19. The lowest BCUT2D eigenvalue weighted by Crippen LogP contribution is -2.13. The zero-order valence-corrected chi connectivity index (χ0v) is 10.4. The molecule has 0 bridgehead atoms. The standard InChI is InChI=1S/C8H9BrN2O4S/c9-4-8(12)11-5-1-2-6(10)7(3-5)16(13,14)15/h1-3H,4,10H2,(H,11,12)(H,13,14,15). The van der Waals surface area contributed by atoms with Crippen LogP contribution in [0.2, 0.25) is 0 Å². The van der Waals surface area contributed by atoms with Crippen molar-refractivity contribution >= 4 is 43.3 Å². The summed E-state index contributed by atoms with van der Waals surface area (Å²) in [6, 6.07) is 3.81. The molecule has 6 nitrogen and oxygen atoms in total. The molecule has 0 aliphatic rings. The van der Waals surface area contributed by atoms with E-state index in [9.17, 15) is 13.2 Å². The molecular formula is C8H9BrN2O4S. The number of anilines is 2. The molecule has 16 heavy (non-hydrogen) atoms. The van der Waals surface area contributed by atoms with Crippen molar-refractivity contribution in [2.75, 3.05) is 16.4 Å². The maximum Gasteiger partial charge on any atom is 0.296 e. The number of nitrogens with one attached hydrogen (secondary N) is 1. The van der Waals surface area contributed by atoms with Gasteiger partial charge in [-0.3, -0.25) is 9.35 Å². The Kier molecular flexibility index (Phi) is 3.89. The number of nitrogens with two attached hydrogens (primary N) is 1. The minimum absolute atomic E-state index is 0.0819. The van der Waals surface area contributed by atoms with Crippen molar-refractivity contribution in [2.24, 2.45) is 0 Å². The van der Waals surface area contributed by atoms with Crippen LogP contribution in [0.4, 0.5) is 11.4 Å². The molecule has 1 amide bonds. The molecule has 1 aromatic carbocycles. The van der Waals surface area contributed by atoms with Gasteiger partial charge in [-0.2, -0.15) is 8.42 Å². The predicted octanol–water partition coefficient (Wildman–Crippen LogP) is 0.849. The van der Waals surface area contributed by atoms with Crippen LogP contribution in [-0.2, 0) is 14.9 Å². The summed E-state index contributed by atoms with van der Waals surface area (Å²) in [5, 5.41) is 2.50. The van der Waals surface area contributed by atoms with E-state index < -0.39 is 15.0 Å². The van der Waals surface area contributed by atoms with Crippen molar-refractivity contribution in [1.29, 1.82) is 0 Å². The number of carbonyl (C=O) groups is 1. The molecule has 0 unspecified atom stereocenters. The Labute approximate surface area is 101 Å². The van der Waals surface area contributed by atoms with Gasteiger partial charge in [0.2, 0.25) is 5.91 Å². The summed E-state index contributed by atoms with van der Waals surface area (Å²) in [6.45, 7) is 0. The van der Waals surface area contributed by atoms with Crippen molar-refractivity contribution in [3.8, 4) is 0 Å². The first-order valence-electron chi connectivity index (χ1n) is 4.07. The SMILES string of the molecule is Nc1ccc(NC(=O)CBr)cc1S(=O)(=O)O. The highest BCUT2D eigenvalue weighted by molar-refractivity contribution is 9.09. The lowest BCUT2D eigenvalue weighted by atomic mass is 10.3. The molecule has 0 fully saturated rings. The van der Waals surface area contributed by atoms with Gasteiger partial charge in [-0.1, -0.05) is 15.9 Å². The maximum absolute atomic E-state index is 11.0. The Morgan fingerprint density at radius 2 is 2.12 bits per heavy atom. The Morgan fingerprint density at radius 3 is 2.62 bits per heavy atom. The van der Waals surface area contributed by atoms with Crippen LogP contribution in [0.3, 0.4) is 0 Å². The van der Waals surface area contributed by atoms with Gasteiger partial charge >= 0.3 is 0 Å². The van der Waals surface area contributed by atoms with E-state index in [0.29, 0.717) is 0 Å². The van der Waals surface area contributed by atoms with Gasteiger partial charge in [-0.25, -0.2) is 0 Å². The summed E-state index contributed by atoms with van der Waals surface area (Å²) >= 11 is 2.94. The number of alkyl halides is 1. The number of benzene rings is 1. The molecule has 1 aromatic rings. The van der Waals surface area contributed by atoms with Crippen LogP contribution in [0.25, 0.3) is 0 Å².